The minimum absolute atomic E-state index is 0. The van der Waals surface area contributed by atoms with Crippen LogP contribution in [0.1, 0.15) is 26.2 Å². The highest BCUT2D eigenvalue weighted by atomic mass is 35.5. The van der Waals surface area contributed by atoms with E-state index in [9.17, 15) is 17.6 Å². The molecular formula is C16H25ClFN3O3S. The third kappa shape index (κ3) is 6.22. The maximum absolute atomic E-state index is 12.9. The van der Waals surface area contributed by atoms with Gasteiger partial charge in [-0.2, -0.15) is 0 Å². The Morgan fingerprint density at radius 1 is 1.36 bits per heavy atom. The van der Waals surface area contributed by atoms with Crippen molar-refractivity contribution in [3.05, 3.63) is 30.1 Å². The summed E-state index contributed by atoms with van der Waals surface area (Å²) < 4.78 is 39.5. The van der Waals surface area contributed by atoms with Gasteiger partial charge < -0.3 is 10.2 Å². The predicted molar refractivity (Wildman–Crippen MR) is 96.7 cm³/mol. The van der Waals surface area contributed by atoms with Crippen LogP contribution in [0.4, 0.5) is 4.39 Å². The van der Waals surface area contributed by atoms with E-state index in [4.69, 9.17) is 0 Å². The first-order valence-corrected chi connectivity index (χ1v) is 9.68. The van der Waals surface area contributed by atoms with Gasteiger partial charge in [0.25, 0.3) is 0 Å². The summed E-state index contributed by atoms with van der Waals surface area (Å²) in [5.41, 5.74) is 0. The highest BCUT2D eigenvalue weighted by Crippen LogP contribution is 2.12. The number of hydrogen-bond acceptors (Lipinski definition) is 4. The van der Waals surface area contributed by atoms with Crippen molar-refractivity contribution in [2.24, 2.45) is 0 Å². The fraction of sp³-hybridized carbons (Fsp3) is 0.562. The highest BCUT2D eigenvalue weighted by Gasteiger charge is 2.25. The lowest BCUT2D eigenvalue weighted by atomic mass is 10.2. The molecule has 0 spiro atoms. The van der Waals surface area contributed by atoms with E-state index in [2.05, 4.69) is 10.0 Å². The smallest absolute Gasteiger partial charge is 0.240 e. The second-order valence-corrected chi connectivity index (χ2v) is 7.60. The quantitative estimate of drug-likeness (QED) is 0.701. The van der Waals surface area contributed by atoms with Crippen LogP contribution in [0.5, 0.6) is 0 Å². The lowest BCUT2D eigenvalue weighted by molar-refractivity contribution is -0.133. The summed E-state index contributed by atoms with van der Waals surface area (Å²) in [6, 6.07) is 4.78. The van der Waals surface area contributed by atoms with Crippen molar-refractivity contribution < 1.29 is 17.6 Å². The Bertz CT molecular complexity index is 649. The lowest BCUT2D eigenvalue weighted by Crippen LogP contribution is -2.43. The van der Waals surface area contributed by atoms with Crippen molar-refractivity contribution in [3.63, 3.8) is 0 Å². The molecule has 1 aliphatic heterocycles. The van der Waals surface area contributed by atoms with Crippen molar-refractivity contribution >= 4 is 28.3 Å². The van der Waals surface area contributed by atoms with Crippen LogP contribution in [0.15, 0.2) is 29.2 Å². The maximum Gasteiger partial charge on any atom is 0.240 e. The molecule has 0 saturated carbocycles. The van der Waals surface area contributed by atoms with Crippen LogP contribution in [0.3, 0.4) is 0 Å². The zero-order valence-corrected chi connectivity index (χ0v) is 15.8. The van der Waals surface area contributed by atoms with Crippen LogP contribution in [-0.2, 0) is 14.8 Å². The zero-order valence-electron chi connectivity index (χ0n) is 14.2. The summed E-state index contributed by atoms with van der Waals surface area (Å²) in [6.45, 7) is 4.40. The van der Waals surface area contributed by atoms with Gasteiger partial charge in [-0.3, -0.25) is 4.79 Å². The van der Waals surface area contributed by atoms with Crippen molar-refractivity contribution in [1.29, 1.82) is 0 Å². The molecule has 9 heteroatoms. The summed E-state index contributed by atoms with van der Waals surface area (Å²) in [4.78, 5) is 14.2. The second kappa shape index (κ2) is 10.1. The normalized spacial score (nSPS) is 17.1. The van der Waals surface area contributed by atoms with Crippen molar-refractivity contribution in [3.8, 4) is 0 Å². The molecule has 1 atom stereocenters. The summed E-state index contributed by atoms with van der Waals surface area (Å²) in [5.74, 6) is -0.545. The summed E-state index contributed by atoms with van der Waals surface area (Å²) in [5, 5.41) is 3.24. The van der Waals surface area contributed by atoms with Gasteiger partial charge in [-0.25, -0.2) is 17.5 Å². The topological polar surface area (TPSA) is 78.5 Å². The number of carbonyl (C=O) groups is 1. The lowest BCUT2D eigenvalue weighted by Gasteiger charge is -2.28. The summed E-state index contributed by atoms with van der Waals surface area (Å²) >= 11 is 0. The van der Waals surface area contributed by atoms with Gasteiger partial charge in [0.15, 0.2) is 0 Å². The number of hydrogen-bond donors (Lipinski definition) is 2. The van der Waals surface area contributed by atoms with E-state index in [1.807, 2.05) is 11.8 Å². The van der Waals surface area contributed by atoms with E-state index in [0.717, 1.165) is 38.1 Å². The number of nitrogens with one attached hydrogen (secondary N) is 2. The van der Waals surface area contributed by atoms with Crippen LogP contribution in [0.2, 0.25) is 0 Å². The number of amides is 1. The largest absolute Gasteiger partial charge is 0.338 e. The molecule has 6 nitrogen and oxygen atoms in total. The summed E-state index contributed by atoms with van der Waals surface area (Å²) in [6.07, 6.45) is 1.90. The average molecular weight is 394 g/mol. The van der Waals surface area contributed by atoms with Crippen LogP contribution in [-0.4, -0.2) is 51.4 Å². The van der Waals surface area contributed by atoms with E-state index in [0.29, 0.717) is 6.54 Å². The van der Waals surface area contributed by atoms with Gasteiger partial charge in [-0.15, -0.1) is 12.4 Å². The molecule has 0 bridgehead atoms. The van der Waals surface area contributed by atoms with Gasteiger partial charge in [0.05, 0.1) is 4.90 Å². The fourth-order valence-electron chi connectivity index (χ4n) is 2.79. The van der Waals surface area contributed by atoms with Crippen molar-refractivity contribution in [2.45, 2.75) is 37.1 Å². The molecule has 1 aromatic rings. The Balaban J connectivity index is 0.00000312. The average Bonchev–Trinajstić information content (AvgIpc) is 3.06. The van der Waals surface area contributed by atoms with E-state index in [1.165, 1.54) is 12.1 Å². The molecule has 1 fully saturated rings. The number of nitrogens with zero attached hydrogens (tertiary/aromatic N) is 1. The molecule has 1 amide bonds. The first-order valence-electron chi connectivity index (χ1n) is 8.19. The minimum atomic E-state index is -3.73. The molecule has 25 heavy (non-hydrogen) atoms. The number of halogens is 2. The standard InChI is InChI=1S/C16H24FN3O3S.ClH/c1-2-11-20(14-7-9-18-12-14)16(21)8-10-19-24(22,23)15-5-3-13(17)4-6-15;/h3-6,14,18-19H,2,7-12H2,1H3;1H. The monoisotopic (exact) mass is 393 g/mol. The van der Waals surface area contributed by atoms with E-state index in [-0.39, 0.29) is 42.2 Å². The Morgan fingerprint density at radius 2 is 2.04 bits per heavy atom. The molecule has 1 aromatic carbocycles. The first-order chi connectivity index (χ1) is 11.4. The fourth-order valence-corrected chi connectivity index (χ4v) is 3.82. The van der Waals surface area contributed by atoms with Crippen molar-refractivity contribution in [2.75, 3.05) is 26.2 Å². The third-order valence-corrected chi connectivity index (χ3v) is 5.49. The van der Waals surface area contributed by atoms with Crippen LogP contribution in [0.25, 0.3) is 0 Å². The van der Waals surface area contributed by atoms with Gasteiger partial charge in [0.2, 0.25) is 15.9 Å². The van der Waals surface area contributed by atoms with E-state index < -0.39 is 15.8 Å². The molecule has 1 aliphatic rings. The highest BCUT2D eigenvalue weighted by molar-refractivity contribution is 7.89. The molecule has 1 heterocycles. The molecule has 2 rings (SSSR count). The van der Waals surface area contributed by atoms with Gasteiger partial charge >= 0.3 is 0 Å². The first kappa shape index (κ1) is 21.8. The van der Waals surface area contributed by atoms with Gasteiger partial charge in [0, 0.05) is 32.1 Å². The second-order valence-electron chi connectivity index (χ2n) is 5.84. The number of carbonyl (C=O) groups excluding carboxylic acids is 1. The van der Waals surface area contributed by atoms with Crippen LogP contribution < -0.4 is 10.0 Å². The van der Waals surface area contributed by atoms with Gasteiger partial charge in [-0.1, -0.05) is 6.92 Å². The van der Waals surface area contributed by atoms with Gasteiger partial charge in [0.1, 0.15) is 5.82 Å². The maximum atomic E-state index is 12.9. The van der Waals surface area contributed by atoms with E-state index >= 15 is 0 Å². The Hall–Kier alpha value is -1.22. The molecule has 0 radical (unpaired) electrons. The van der Waals surface area contributed by atoms with Crippen molar-refractivity contribution in [1.82, 2.24) is 14.9 Å². The molecule has 0 aliphatic carbocycles. The minimum Gasteiger partial charge on any atom is -0.338 e. The Labute approximate surface area is 154 Å². The van der Waals surface area contributed by atoms with E-state index in [1.54, 1.807) is 0 Å². The predicted octanol–water partition coefficient (Wildman–Crippen LogP) is 1.52. The molecule has 0 aromatic heterocycles. The van der Waals surface area contributed by atoms with Crippen LogP contribution in [0, 0.1) is 5.82 Å². The molecule has 2 N–H and O–H groups in total. The molecular weight excluding hydrogens is 369 g/mol. The van der Waals surface area contributed by atoms with Crippen LogP contribution >= 0.6 is 12.4 Å². The SMILES string of the molecule is CCCN(C(=O)CCNS(=O)(=O)c1ccc(F)cc1)C1CCNC1.Cl. The zero-order chi connectivity index (χ0) is 17.6. The molecule has 1 unspecified atom stereocenters. The number of benzene rings is 1. The molecule has 1 saturated heterocycles. The molecule has 142 valence electrons. The summed E-state index contributed by atoms with van der Waals surface area (Å²) in [7, 11) is -3.73. The third-order valence-electron chi connectivity index (χ3n) is 4.01. The number of sulfonamides is 1. The number of rotatable bonds is 8. The Kier molecular flexibility index (Phi) is 8.78. The van der Waals surface area contributed by atoms with Gasteiger partial charge in [-0.05, 0) is 43.7 Å². The Morgan fingerprint density at radius 3 is 2.60 bits per heavy atom.